The predicted molar refractivity (Wildman–Crippen MR) is 160 cm³/mol. The number of ether oxygens (including phenoxy) is 2. The van der Waals surface area contributed by atoms with Crippen molar-refractivity contribution >= 4 is 5.91 Å². The minimum absolute atomic E-state index is 0.0287. The van der Waals surface area contributed by atoms with Crippen LogP contribution in [-0.2, 0) is 11.8 Å². The molecule has 1 aliphatic rings. The summed E-state index contributed by atoms with van der Waals surface area (Å²) in [5.74, 6) is 2.11. The molecule has 0 N–H and O–H groups in total. The summed E-state index contributed by atoms with van der Waals surface area (Å²) in [7, 11) is 3.31. The van der Waals surface area contributed by atoms with Gasteiger partial charge in [0.25, 0.3) is 5.91 Å². The van der Waals surface area contributed by atoms with Crippen molar-refractivity contribution in [1.29, 1.82) is 0 Å². The molecule has 5 rings (SSSR count). The number of carbonyl (C=O) groups excluding carboxylic acids is 1. The molecule has 0 bridgehead atoms. The summed E-state index contributed by atoms with van der Waals surface area (Å²) < 4.78 is 13.0. The molecule has 4 aromatic rings. The minimum Gasteiger partial charge on any atom is -0.496 e. The van der Waals surface area contributed by atoms with Gasteiger partial charge in [0.2, 0.25) is 0 Å². The molecule has 2 heterocycles. The van der Waals surface area contributed by atoms with E-state index in [1.165, 1.54) is 11.1 Å². The van der Waals surface area contributed by atoms with E-state index in [-0.39, 0.29) is 11.3 Å². The number of amides is 1. The van der Waals surface area contributed by atoms with Gasteiger partial charge in [0, 0.05) is 18.8 Å². The predicted octanol–water partition coefficient (Wildman–Crippen LogP) is 6.95. The molecule has 0 atom stereocenters. The second kappa shape index (κ2) is 11.6. The monoisotopic (exact) mass is 537 g/mol. The highest BCUT2D eigenvalue weighted by Crippen LogP contribution is 2.38. The number of imidazole rings is 1. The van der Waals surface area contributed by atoms with Gasteiger partial charge in [-0.15, -0.1) is 0 Å². The Bertz CT molecular complexity index is 1420. The van der Waals surface area contributed by atoms with Gasteiger partial charge in [-0.3, -0.25) is 9.36 Å². The van der Waals surface area contributed by atoms with E-state index < -0.39 is 0 Å². The summed E-state index contributed by atoms with van der Waals surface area (Å²) in [6.45, 7) is 8.27. The van der Waals surface area contributed by atoms with Crippen molar-refractivity contribution in [2.45, 2.75) is 45.4 Å². The third-order valence-electron chi connectivity index (χ3n) is 7.97. The summed E-state index contributed by atoms with van der Waals surface area (Å²) in [5.41, 5.74) is 6.25. The maximum Gasteiger partial charge on any atom is 0.272 e. The van der Waals surface area contributed by atoms with Gasteiger partial charge in [-0.25, -0.2) is 4.98 Å². The van der Waals surface area contributed by atoms with Gasteiger partial charge >= 0.3 is 0 Å². The van der Waals surface area contributed by atoms with E-state index in [9.17, 15) is 4.79 Å². The van der Waals surface area contributed by atoms with Crippen LogP contribution in [0.5, 0.6) is 11.5 Å². The molecule has 1 saturated heterocycles. The first-order valence-corrected chi connectivity index (χ1v) is 14.0. The molecule has 1 fully saturated rings. The fraction of sp³-hybridized carbons (Fsp3) is 0.353. The van der Waals surface area contributed by atoms with E-state index in [2.05, 4.69) is 50.0 Å². The van der Waals surface area contributed by atoms with E-state index in [0.717, 1.165) is 60.7 Å². The molecular weight excluding hydrogens is 498 g/mol. The molecule has 0 saturated carbocycles. The first kappa shape index (κ1) is 27.5. The molecule has 0 aliphatic carbocycles. The van der Waals surface area contributed by atoms with Crippen molar-refractivity contribution in [2.75, 3.05) is 27.3 Å². The number of benzene rings is 3. The number of rotatable bonds is 7. The van der Waals surface area contributed by atoms with Crippen LogP contribution in [0.1, 0.15) is 55.2 Å². The van der Waals surface area contributed by atoms with Crippen molar-refractivity contribution < 1.29 is 14.3 Å². The Balaban J connectivity index is 1.25. The van der Waals surface area contributed by atoms with Crippen molar-refractivity contribution in [3.8, 4) is 28.3 Å². The van der Waals surface area contributed by atoms with Gasteiger partial charge in [-0.05, 0) is 71.6 Å². The van der Waals surface area contributed by atoms with Crippen LogP contribution in [0, 0.1) is 5.92 Å². The van der Waals surface area contributed by atoms with Crippen molar-refractivity contribution in [3.05, 3.63) is 96.1 Å². The van der Waals surface area contributed by atoms with Crippen LogP contribution >= 0.6 is 0 Å². The van der Waals surface area contributed by atoms with Gasteiger partial charge in [0.05, 0.1) is 32.3 Å². The Morgan fingerprint density at radius 3 is 2.10 bits per heavy atom. The largest absolute Gasteiger partial charge is 0.496 e. The molecule has 0 spiro atoms. The fourth-order valence-electron chi connectivity index (χ4n) is 5.56. The number of aromatic nitrogens is 2. The molecule has 3 aromatic carbocycles. The van der Waals surface area contributed by atoms with Crippen molar-refractivity contribution in [1.82, 2.24) is 14.5 Å². The molecular formula is C34H39N3O3. The number of piperidine rings is 1. The zero-order chi connectivity index (χ0) is 28.3. The number of carbonyl (C=O) groups is 1. The third-order valence-corrected chi connectivity index (χ3v) is 7.97. The van der Waals surface area contributed by atoms with E-state index in [1.54, 1.807) is 26.7 Å². The van der Waals surface area contributed by atoms with E-state index >= 15 is 0 Å². The lowest BCUT2D eigenvalue weighted by Gasteiger charge is -2.32. The molecule has 0 unspecified atom stereocenters. The lowest BCUT2D eigenvalue weighted by atomic mass is 9.85. The Kier molecular flexibility index (Phi) is 7.97. The fourth-order valence-corrected chi connectivity index (χ4v) is 5.56. The van der Waals surface area contributed by atoms with Crippen LogP contribution in [0.4, 0.5) is 0 Å². The van der Waals surface area contributed by atoms with Crippen molar-refractivity contribution in [2.24, 2.45) is 5.92 Å². The maximum atomic E-state index is 13.5. The quantitative estimate of drug-likeness (QED) is 0.256. The lowest BCUT2D eigenvalue weighted by Crippen LogP contribution is -2.39. The standard InChI is InChI=1S/C34H39N3O3/c1-34(2,3)27-13-9-24(10-14-27)21-25-17-19-36(20-18-25)33(38)29-22-35-23-37(29)28-15-11-26(12-16-28)32-30(39-4)7-6-8-31(32)40-5/h6-16,22-23,25H,17-21H2,1-5H3. The highest BCUT2D eigenvalue weighted by molar-refractivity contribution is 5.93. The lowest BCUT2D eigenvalue weighted by molar-refractivity contribution is 0.0682. The molecule has 0 radical (unpaired) electrons. The van der Waals surface area contributed by atoms with Gasteiger partial charge in [0.15, 0.2) is 0 Å². The SMILES string of the molecule is COc1cccc(OC)c1-c1ccc(-n2cncc2C(=O)N2CCC(Cc3ccc(C(C)(C)C)cc3)CC2)cc1. The van der Waals surface area contributed by atoms with Crippen LogP contribution in [0.15, 0.2) is 79.3 Å². The molecule has 1 aliphatic heterocycles. The summed E-state index contributed by atoms with van der Waals surface area (Å²) >= 11 is 0. The van der Waals surface area contributed by atoms with E-state index in [1.807, 2.05) is 51.9 Å². The van der Waals surface area contributed by atoms with Gasteiger partial charge in [-0.2, -0.15) is 0 Å². The molecule has 1 aromatic heterocycles. The van der Waals surface area contributed by atoms with Gasteiger partial charge in [0.1, 0.15) is 17.2 Å². The molecule has 208 valence electrons. The Morgan fingerprint density at radius 1 is 0.900 bits per heavy atom. The molecule has 40 heavy (non-hydrogen) atoms. The first-order valence-electron chi connectivity index (χ1n) is 14.0. The number of methoxy groups -OCH3 is 2. The van der Waals surface area contributed by atoms with Crippen LogP contribution in [0.3, 0.4) is 0 Å². The highest BCUT2D eigenvalue weighted by Gasteiger charge is 2.26. The van der Waals surface area contributed by atoms with E-state index in [4.69, 9.17) is 9.47 Å². The average Bonchev–Trinajstić information content (AvgIpc) is 3.47. The van der Waals surface area contributed by atoms with Gasteiger partial charge in [-0.1, -0.05) is 63.2 Å². The van der Waals surface area contributed by atoms with Gasteiger partial charge < -0.3 is 14.4 Å². The number of nitrogens with zero attached hydrogens (tertiary/aromatic N) is 3. The number of likely N-dealkylation sites (tertiary alicyclic amines) is 1. The molecule has 6 heteroatoms. The first-order chi connectivity index (χ1) is 19.3. The summed E-state index contributed by atoms with van der Waals surface area (Å²) in [4.78, 5) is 19.8. The number of hydrogen-bond acceptors (Lipinski definition) is 4. The minimum atomic E-state index is 0.0287. The average molecular weight is 538 g/mol. The summed E-state index contributed by atoms with van der Waals surface area (Å²) in [6, 6.07) is 22.8. The Hall–Kier alpha value is -4.06. The second-order valence-corrected chi connectivity index (χ2v) is 11.6. The third kappa shape index (κ3) is 5.76. The summed E-state index contributed by atoms with van der Waals surface area (Å²) in [6.07, 6.45) is 6.46. The summed E-state index contributed by atoms with van der Waals surface area (Å²) in [5, 5.41) is 0. The van der Waals surface area contributed by atoms with Crippen LogP contribution in [0.2, 0.25) is 0 Å². The van der Waals surface area contributed by atoms with Crippen LogP contribution in [-0.4, -0.2) is 47.7 Å². The van der Waals surface area contributed by atoms with Crippen molar-refractivity contribution in [3.63, 3.8) is 0 Å². The molecule has 1 amide bonds. The smallest absolute Gasteiger partial charge is 0.272 e. The van der Waals surface area contributed by atoms with E-state index in [0.29, 0.717) is 11.6 Å². The normalized spacial score (nSPS) is 14.3. The zero-order valence-corrected chi connectivity index (χ0v) is 24.2. The van der Waals surface area contributed by atoms with Crippen LogP contribution < -0.4 is 9.47 Å². The topological polar surface area (TPSA) is 56.6 Å². The Labute approximate surface area is 237 Å². The second-order valence-electron chi connectivity index (χ2n) is 11.6. The number of hydrogen-bond donors (Lipinski definition) is 0. The molecule has 6 nitrogen and oxygen atoms in total. The maximum absolute atomic E-state index is 13.5. The van der Waals surface area contributed by atoms with Crippen LogP contribution in [0.25, 0.3) is 16.8 Å². The Morgan fingerprint density at radius 2 is 1.52 bits per heavy atom. The zero-order valence-electron chi connectivity index (χ0n) is 24.2. The highest BCUT2D eigenvalue weighted by atomic mass is 16.5.